The van der Waals surface area contributed by atoms with Crippen molar-refractivity contribution in [1.82, 2.24) is 0 Å². The van der Waals surface area contributed by atoms with Crippen molar-refractivity contribution in [2.75, 3.05) is 6.61 Å². The zero-order chi connectivity index (χ0) is 11.7. The van der Waals surface area contributed by atoms with Gasteiger partial charge < -0.3 is 9.84 Å². The van der Waals surface area contributed by atoms with E-state index in [1.165, 1.54) is 0 Å². The first-order valence-electron chi connectivity index (χ1n) is 6.27. The molecule has 0 spiro atoms. The van der Waals surface area contributed by atoms with Gasteiger partial charge in [0, 0.05) is 11.8 Å². The molecule has 1 N–H and O–H groups in total. The van der Waals surface area contributed by atoms with Gasteiger partial charge in [-0.3, -0.25) is 0 Å². The molecule has 0 aromatic carbocycles. The van der Waals surface area contributed by atoms with Crippen LogP contribution >= 0.6 is 0 Å². The second-order valence-corrected chi connectivity index (χ2v) is 5.40. The maximum absolute atomic E-state index is 9.37. The molecule has 0 unspecified atom stereocenters. The minimum atomic E-state index is 0.160. The smallest absolute Gasteiger partial charge is 0.0650 e. The molecule has 0 aromatic heterocycles. The van der Waals surface area contributed by atoms with Crippen molar-refractivity contribution >= 4 is 0 Å². The van der Waals surface area contributed by atoms with Crippen molar-refractivity contribution in [1.29, 1.82) is 0 Å². The Morgan fingerprint density at radius 2 is 2.19 bits per heavy atom. The number of allylic oxidation sites excluding steroid dienone is 2. The Morgan fingerprint density at radius 1 is 1.44 bits per heavy atom. The first kappa shape index (κ1) is 11.9. The third-order valence-electron chi connectivity index (χ3n) is 3.70. The lowest BCUT2D eigenvalue weighted by atomic mass is 9.77. The van der Waals surface area contributed by atoms with E-state index in [0.29, 0.717) is 23.9 Å². The fourth-order valence-corrected chi connectivity index (χ4v) is 3.04. The van der Waals surface area contributed by atoms with Crippen LogP contribution in [0, 0.1) is 17.8 Å². The lowest BCUT2D eigenvalue weighted by Crippen LogP contribution is -2.25. The van der Waals surface area contributed by atoms with Crippen LogP contribution in [0.2, 0.25) is 0 Å². The Balaban J connectivity index is 2.15. The number of hydrogen-bond acceptors (Lipinski definition) is 2. The average molecular weight is 222 g/mol. The van der Waals surface area contributed by atoms with Crippen LogP contribution in [-0.4, -0.2) is 23.9 Å². The molecular formula is C14H22O2. The summed E-state index contributed by atoms with van der Waals surface area (Å²) in [4.78, 5) is 0. The fourth-order valence-electron chi connectivity index (χ4n) is 3.04. The average Bonchev–Trinajstić information content (AvgIpc) is 2.55. The number of fused-ring (bicyclic) bond motifs is 1. The van der Waals surface area contributed by atoms with Crippen molar-refractivity contribution in [3.63, 3.8) is 0 Å². The molecular weight excluding hydrogens is 200 g/mol. The van der Waals surface area contributed by atoms with Gasteiger partial charge in [-0.05, 0) is 24.8 Å². The molecule has 2 nitrogen and oxygen atoms in total. The van der Waals surface area contributed by atoms with Crippen LogP contribution in [0.1, 0.15) is 27.2 Å². The van der Waals surface area contributed by atoms with Gasteiger partial charge in [0.2, 0.25) is 0 Å². The summed E-state index contributed by atoms with van der Waals surface area (Å²) in [6, 6.07) is 0. The summed E-state index contributed by atoms with van der Waals surface area (Å²) in [5, 5.41) is 9.37. The zero-order valence-corrected chi connectivity index (χ0v) is 10.4. The lowest BCUT2D eigenvalue weighted by Gasteiger charge is -2.25. The van der Waals surface area contributed by atoms with Gasteiger partial charge in [0.05, 0.1) is 18.8 Å². The predicted octanol–water partition coefficient (Wildman–Crippen LogP) is 2.54. The largest absolute Gasteiger partial charge is 0.392 e. The summed E-state index contributed by atoms with van der Waals surface area (Å²) in [7, 11) is 0. The van der Waals surface area contributed by atoms with Crippen LogP contribution in [0.5, 0.6) is 0 Å². The van der Waals surface area contributed by atoms with Crippen LogP contribution in [0.15, 0.2) is 23.8 Å². The van der Waals surface area contributed by atoms with E-state index in [1.807, 2.05) is 6.08 Å². The third-order valence-corrected chi connectivity index (χ3v) is 3.70. The normalized spacial score (nSPS) is 37.7. The molecule has 90 valence electrons. The van der Waals surface area contributed by atoms with Crippen LogP contribution in [0.3, 0.4) is 0 Å². The highest BCUT2D eigenvalue weighted by Gasteiger charge is 2.43. The van der Waals surface area contributed by atoms with Gasteiger partial charge in [-0.1, -0.05) is 32.1 Å². The summed E-state index contributed by atoms with van der Waals surface area (Å²) in [6.45, 7) is 6.75. The summed E-state index contributed by atoms with van der Waals surface area (Å²) in [6.07, 6.45) is 8.03. The number of ether oxygens (including phenoxy) is 1. The maximum Gasteiger partial charge on any atom is 0.0650 e. The number of rotatable bonds is 3. The van der Waals surface area contributed by atoms with Crippen molar-refractivity contribution in [3.05, 3.63) is 23.8 Å². The van der Waals surface area contributed by atoms with E-state index in [2.05, 4.69) is 32.9 Å². The van der Waals surface area contributed by atoms with Crippen LogP contribution in [0.25, 0.3) is 0 Å². The molecule has 1 saturated heterocycles. The topological polar surface area (TPSA) is 29.5 Å². The highest BCUT2D eigenvalue weighted by Crippen LogP contribution is 2.42. The van der Waals surface area contributed by atoms with Crippen LogP contribution in [-0.2, 0) is 4.74 Å². The molecule has 16 heavy (non-hydrogen) atoms. The first-order chi connectivity index (χ1) is 7.63. The quantitative estimate of drug-likeness (QED) is 0.795. The number of aliphatic hydroxyl groups excluding tert-OH is 1. The van der Waals surface area contributed by atoms with Crippen molar-refractivity contribution in [3.8, 4) is 0 Å². The van der Waals surface area contributed by atoms with Crippen molar-refractivity contribution in [2.45, 2.75) is 39.4 Å². The van der Waals surface area contributed by atoms with E-state index in [-0.39, 0.29) is 12.7 Å². The van der Waals surface area contributed by atoms with Crippen LogP contribution < -0.4 is 0 Å². The Kier molecular flexibility index (Phi) is 3.50. The molecule has 0 aromatic rings. The third kappa shape index (κ3) is 2.09. The van der Waals surface area contributed by atoms with Gasteiger partial charge in [-0.2, -0.15) is 0 Å². The molecule has 1 heterocycles. The van der Waals surface area contributed by atoms with E-state index in [4.69, 9.17) is 4.74 Å². The molecule has 1 aliphatic heterocycles. The summed E-state index contributed by atoms with van der Waals surface area (Å²) in [5.74, 6) is 1.51. The molecule has 1 aliphatic carbocycles. The maximum atomic E-state index is 9.37. The second kappa shape index (κ2) is 4.72. The highest BCUT2D eigenvalue weighted by molar-refractivity contribution is 5.27. The Morgan fingerprint density at radius 3 is 2.81 bits per heavy atom. The van der Waals surface area contributed by atoms with E-state index in [0.717, 1.165) is 12.0 Å². The summed E-state index contributed by atoms with van der Waals surface area (Å²) in [5.41, 5.74) is 1.13. The fraction of sp³-hybridized carbons (Fsp3) is 0.714. The summed E-state index contributed by atoms with van der Waals surface area (Å²) >= 11 is 0. The molecule has 0 amide bonds. The number of hydrogen-bond donors (Lipinski definition) is 1. The van der Waals surface area contributed by atoms with E-state index in [1.54, 1.807) is 0 Å². The van der Waals surface area contributed by atoms with Crippen molar-refractivity contribution in [2.24, 2.45) is 17.8 Å². The SMILES string of the molecule is CC(C)C[C@@H]1O[C@H](C)[C@@H]2C(CO)=CC=C[C@@H]21. The highest BCUT2D eigenvalue weighted by atomic mass is 16.5. The van der Waals surface area contributed by atoms with Gasteiger partial charge in [-0.25, -0.2) is 0 Å². The molecule has 0 radical (unpaired) electrons. The molecule has 1 fully saturated rings. The lowest BCUT2D eigenvalue weighted by molar-refractivity contribution is 0.0321. The molecule has 0 bridgehead atoms. The van der Waals surface area contributed by atoms with Crippen LogP contribution in [0.4, 0.5) is 0 Å². The molecule has 4 atom stereocenters. The minimum Gasteiger partial charge on any atom is -0.392 e. The van der Waals surface area contributed by atoms with E-state index < -0.39 is 0 Å². The summed E-state index contributed by atoms with van der Waals surface area (Å²) < 4.78 is 6.05. The van der Waals surface area contributed by atoms with Gasteiger partial charge in [0.25, 0.3) is 0 Å². The standard InChI is InChI=1S/C14H22O2/c1-9(2)7-13-12-6-4-5-11(8-15)14(12)10(3)16-13/h4-6,9-10,12-15H,7-8H2,1-3H3/t10-,12-,13+,14-/m1/s1. The number of aliphatic hydroxyl groups is 1. The monoisotopic (exact) mass is 222 g/mol. The van der Waals surface area contributed by atoms with E-state index >= 15 is 0 Å². The van der Waals surface area contributed by atoms with E-state index in [9.17, 15) is 5.11 Å². The Bertz CT molecular complexity index is 304. The molecule has 2 aliphatic rings. The molecule has 2 heteroatoms. The van der Waals surface area contributed by atoms with Gasteiger partial charge >= 0.3 is 0 Å². The van der Waals surface area contributed by atoms with Gasteiger partial charge in [-0.15, -0.1) is 0 Å². The predicted molar refractivity (Wildman–Crippen MR) is 65.1 cm³/mol. The Labute approximate surface area is 98.0 Å². The molecule has 0 saturated carbocycles. The van der Waals surface area contributed by atoms with Crippen molar-refractivity contribution < 1.29 is 9.84 Å². The Hall–Kier alpha value is -0.600. The zero-order valence-electron chi connectivity index (χ0n) is 10.4. The molecule has 2 rings (SSSR count). The first-order valence-corrected chi connectivity index (χ1v) is 6.27. The van der Waals surface area contributed by atoms with Gasteiger partial charge in [0.1, 0.15) is 0 Å². The minimum absolute atomic E-state index is 0.160. The van der Waals surface area contributed by atoms with Gasteiger partial charge in [0.15, 0.2) is 0 Å². The second-order valence-electron chi connectivity index (χ2n) is 5.40.